The van der Waals surface area contributed by atoms with Gasteiger partial charge in [-0.3, -0.25) is 0 Å². The molecule has 0 spiro atoms. The number of aromatic amines is 1. The maximum absolute atomic E-state index is 12.5. The summed E-state index contributed by atoms with van der Waals surface area (Å²) in [6.45, 7) is 0.397. The molecule has 0 saturated heterocycles. The van der Waals surface area contributed by atoms with Gasteiger partial charge in [0, 0.05) is 12.2 Å². The van der Waals surface area contributed by atoms with E-state index in [1.165, 1.54) is 6.33 Å². The lowest BCUT2D eigenvalue weighted by atomic mass is 10.3. The van der Waals surface area contributed by atoms with Crippen molar-refractivity contribution in [1.29, 1.82) is 0 Å². The van der Waals surface area contributed by atoms with E-state index < -0.39 is 19.1 Å². The molecule has 1 heterocycles. The van der Waals surface area contributed by atoms with Gasteiger partial charge in [-0.2, -0.15) is 0 Å². The molecular formula is C8H13F2N3O. The summed E-state index contributed by atoms with van der Waals surface area (Å²) >= 11 is 0. The lowest BCUT2D eigenvalue weighted by Gasteiger charge is -2.13. The van der Waals surface area contributed by atoms with Crippen LogP contribution in [0, 0.1) is 6.92 Å². The smallest absolute Gasteiger partial charge is 0.282 e. The average Bonchev–Trinajstić information content (AvgIpc) is 2.52. The van der Waals surface area contributed by atoms with E-state index in [0.29, 0.717) is 5.69 Å². The molecule has 0 aromatic carbocycles. The first kappa shape index (κ1) is 11.1. The third-order valence-corrected chi connectivity index (χ3v) is 1.84. The van der Waals surface area contributed by atoms with Gasteiger partial charge in [-0.1, -0.05) is 0 Å². The SMILES string of the molecule is Cc1[nH]cnc1CNCC(F)(F)CO. The van der Waals surface area contributed by atoms with E-state index in [1.54, 1.807) is 0 Å². The molecule has 6 heteroatoms. The summed E-state index contributed by atoms with van der Waals surface area (Å²) in [5.74, 6) is -3.07. The number of aliphatic hydroxyl groups is 1. The van der Waals surface area contributed by atoms with Crippen molar-refractivity contribution in [1.82, 2.24) is 15.3 Å². The quantitative estimate of drug-likeness (QED) is 0.653. The molecule has 80 valence electrons. The second-order valence-corrected chi connectivity index (χ2v) is 3.09. The number of hydrogen-bond acceptors (Lipinski definition) is 3. The van der Waals surface area contributed by atoms with Crippen molar-refractivity contribution in [3.63, 3.8) is 0 Å². The molecule has 0 saturated carbocycles. The Hall–Kier alpha value is -1.01. The lowest BCUT2D eigenvalue weighted by Crippen LogP contribution is -2.35. The Bertz CT molecular complexity index is 288. The van der Waals surface area contributed by atoms with Crippen LogP contribution in [0.1, 0.15) is 11.4 Å². The van der Waals surface area contributed by atoms with Gasteiger partial charge < -0.3 is 15.4 Å². The average molecular weight is 205 g/mol. The number of nitrogens with one attached hydrogen (secondary N) is 2. The van der Waals surface area contributed by atoms with E-state index in [9.17, 15) is 8.78 Å². The van der Waals surface area contributed by atoms with Gasteiger partial charge in [-0.15, -0.1) is 0 Å². The predicted molar refractivity (Wildman–Crippen MR) is 47.1 cm³/mol. The zero-order chi connectivity index (χ0) is 10.6. The molecule has 14 heavy (non-hydrogen) atoms. The Morgan fingerprint density at radius 2 is 2.36 bits per heavy atom. The summed E-state index contributed by atoms with van der Waals surface area (Å²) < 4.78 is 25.1. The largest absolute Gasteiger partial charge is 0.390 e. The molecule has 1 aromatic heterocycles. The number of aromatic nitrogens is 2. The second kappa shape index (κ2) is 4.47. The first-order valence-corrected chi connectivity index (χ1v) is 4.23. The van der Waals surface area contributed by atoms with Gasteiger partial charge in [-0.05, 0) is 6.92 Å². The minimum absolute atomic E-state index is 0.269. The molecule has 0 bridgehead atoms. The molecule has 0 amide bonds. The van der Waals surface area contributed by atoms with E-state index in [1.807, 2.05) is 6.92 Å². The number of hydrogen-bond donors (Lipinski definition) is 3. The van der Waals surface area contributed by atoms with Crippen molar-refractivity contribution in [2.45, 2.75) is 19.4 Å². The standard InChI is InChI=1S/C8H13F2N3O/c1-6-7(13-5-12-6)2-11-3-8(9,10)4-14/h5,11,14H,2-4H2,1H3,(H,12,13). The highest BCUT2D eigenvalue weighted by Crippen LogP contribution is 2.10. The number of halogens is 2. The number of imidazole rings is 1. The first-order chi connectivity index (χ1) is 6.55. The molecule has 1 rings (SSSR count). The van der Waals surface area contributed by atoms with Crippen molar-refractivity contribution in [3.05, 3.63) is 17.7 Å². The Balaban J connectivity index is 2.32. The fraction of sp³-hybridized carbons (Fsp3) is 0.625. The molecule has 0 radical (unpaired) electrons. The molecule has 0 aliphatic carbocycles. The van der Waals surface area contributed by atoms with Crippen LogP contribution in [0.3, 0.4) is 0 Å². The summed E-state index contributed by atoms with van der Waals surface area (Å²) in [5, 5.41) is 10.8. The van der Waals surface area contributed by atoms with Gasteiger partial charge in [0.1, 0.15) is 6.61 Å². The molecule has 4 nitrogen and oxygen atoms in total. The minimum atomic E-state index is -3.07. The van der Waals surface area contributed by atoms with Gasteiger partial charge in [0.05, 0.1) is 18.6 Å². The zero-order valence-electron chi connectivity index (χ0n) is 7.85. The molecule has 0 unspecified atom stereocenters. The molecule has 0 atom stereocenters. The monoisotopic (exact) mass is 205 g/mol. The topological polar surface area (TPSA) is 60.9 Å². The third-order valence-electron chi connectivity index (χ3n) is 1.84. The van der Waals surface area contributed by atoms with Crippen molar-refractivity contribution < 1.29 is 13.9 Å². The zero-order valence-corrected chi connectivity index (χ0v) is 7.85. The number of aryl methyl sites for hydroxylation is 1. The van der Waals surface area contributed by atoms with Crippen molar-refractivity contribution in [2.75, 3.05) is 13.2 Å². The fourth-order valence-electron chi connectivity index (χ4n) is 0.985. The van der Waals surface area contributed by atoms with E-state index in [4.69, 9.17) is 5.11 Å². The highest BCUT2D eigenvalue weighted by atomic mass is 19.3. The third kappa shape index (κ3) is 3.04. The van der Waals surface area contributed by atoms with Crippen LogP contribution in [0.25, 0.3) is 0 Å². The first-order valence-electron chi connectivity index (χ1n) is 4.23. The van der Waals surface area contributed by atoms with Crippen molar-refractivity contribution in [3.8, 4) is 0 Å². The number of rotatable bonds is 5. The number of H-pyrrole nitrogens is 1. The summed E-state index contributed by atoms with van der Waals surface area (Å²) in [7, 11) is 0. The molecular weight excluding hydrogens is 192 g/mol. The highest BCUT2D eigenvalue weighted by molar-refractivity contribution is 5.07. The van der Waals surface area contributed by atoms with Crippen LogP contribution in [0.4, 0.5) is 8.78 Å². The van der Waals surface area contributed by atoms with Crippen LogP contribution in [0.2, 0.25) is 0 Å². The van der Waals surface area contributed by atoms with Crippen LogP contribution >= 0.6 is 0 Å². The van der Waals surface area contributed by atoms with Gasteiger partial charge in [0.15, 0.2) is 0 Å². The maximum atomic E-state index is 12.5. The Kier molecular flexibility index (Phi) is 3.54. The summed E-state index contributed by atoms with van der Waals surface area (Å²) in [6, 6.07) is 0. The van der Waals surface area contributed by atoms with E-state index >= 15 is 0 Å². The Labute approximate surface area is 80.4 Å². The lowest BCUT2D eigenvalue weighted by molar-refractivity contribution is -0.0478. The van der Waals surface area contributed by atoms with Crippen LogP contribution in [-0.2, 0) is 6.54 Å². The predicted octanol–water partition coefficient (Wildman–Crippen LogP) is 0.435. The molecule has 0 aliphatic rings. The Morgan fingerprint density at radius 3 is 2.86 bits per heavy atom. The second-order valence-electron chi connectivity index (χ2n) is 3.09. The summed E-state index contributed by atoms with van der Waals surface area (Å²) in [4.78, 5) is 6.78. The van der Waals surface area contributed by atoms with E-state index in [-0.39, 0.29) is 6.54 Å². The molecule has 0 aliphatic heterocycles. The summed E-state index contributed by atoms with van der Waals surface area (Å²) in [6.07, 6.45) is 1.51. The highest BCUT2D eigenvalue weighted by Gasteiger charge is 2.26. The molecule has 0 fully saturated rings. The number of nitrogens with zero attached hydrogens (tertiary/aromatic N) is 1. The van der Waals surface area contributed by atoms with E-state index in [2.05, 4.69) is 15.3 Å². The fourth-order valence-corrected chi connectivity index (χ4v) is 0.985. The maximum Gasteiger partial charge on any atom is 0.282 e. The van der Waals surface area contributed by atoms with Crippen LogP contribution in [0.15, 0.2) is 6.33 Å². The van der Waals surface area contributed by atoms with Gasteiger partial charge in [0.25, 0.3) is 5.92 Å². The molecule has 3 N–H and O–H groups in total. The van der Waals surface area contributed by atoms with Gasteiger partial charge in [-0.25, -0.2) is 13.8 Å². The van der Waals surface area contributed by atoms with Gasteiger partial charge in [0.2, 0.25) is 0 Å². The van der Waals surface area contributed by atoms with Gasteiger partial charge >= 0.3 is 0 Å². The summed E-state index contributed by atoms with van der Waals surface area (Å²) in [5.41, 5.74) is 1.56. The van der Waals surface area contributed by atoms with Crippen LogP contribution in [-0.4, -0.2) is 34.1 Å². The number of aliphatic hydroxyl groups excluding tert-OH is 1. The Morgan fingerprint density at radius 1 is 1.64 bits per heavy atom. The minimum Gasteiger partial charge on any atom is -0.390 e. The van der Waals surface area contributed by atoms with Crippen molar-refractivity contribution >= 4 is 0 Å². The van der Waals surface area contributed by atoms with E-state index in [0.717, 1.165) is 5.69 Å². The van der Waals surface area contributed by atoms with Crippen LogP contribution in [0.5, 0.6) is 0 Å². The molecule has 1 aromatic rings. The van der Waals surface area contributed by atoms with Crippen LogP contribution < -0.4 is 5.32 Å². The van der Waals surface area contributed by atoms with Crippen molar-refractivity contribution in [2.24, 2.45) is 0 Å². The number of alkyl halides is 2. The normalized spacial score (nSPS) is 12.0.